The van der Waals surface area contributed by atoms with Crippen molar-refractivity contribution >= 4 is 34.5 Å². The van der Waals surface area contributed by atoms with E-state index in [2.05, 4.69) is 15.5 Å². The van der Waals surface area contributed by atoms with Crippen LogP contribution >= 0.6 is 22.9 Å². The number of hydrogen-bond donors (Lipinski definition) is 1. The molecule has 4 aromatic rings. The van der Waals surface area contributed by atoms with Crippen molar-refractivity contribution in [2.24, 2.45) is 0 Å². The van der Waals surface area contributed by atoms with Crippen molar-refractivity contribution in [1.29, 1.82) is 0 Å². The number of urea groups is 1. The van der Waals surface area contributed by atoms with Crippen molar-refractivity contribution in [3.63, 3.8) is 0 Å². The average Bonchev–Trinajstić information content (AvgIpc) is 3.50. The molecule has 0 saturated carbocycles. The standard InChI is InChI=1S/C25H21ClN4O2S/c1-15-8-10-17(11-9-15)14-30-16(2)21(24-28-23(29-32-24)20-7-4-12-33-20)22(27-25(30)31)18-5-3-6-19(26)13-18/h3-13,22H,14H2,1-2H3,(H,27,31). The van der Waals surface area contributed by atoms with E-state index in [1.807, 2.05) is 73.8 Å². The monoisotopic (exact) mass is 476 g/mol. The van der Waals surface area contributed by atoms with E-state index in [1.54, 1.807) is 22.3 Å². The largest absolute Gasteiger partial charge is 0.334 e. The zero-order valence-electron chi connectivity index (χ0n) is 18.1. The summed E-state index contributed by atoms with van der Waals surface area (Å²) >= 11 is 7.80. The summed E-state index contributed by atoms with van der Waals surface area (Å²) < 4.78 is 5.71. The minimum atomic E-state index is -0.470. The van der Waals surface area contributed by atoms with Crippen LogP contribution in [0.25, 0.3) is 16.3 Å². The summed E-state index contributed by atoms with van der Waals surface area (Å²) in [5.41, 5.74) is 4.55. The number of halogens is 1. The Morgan fingerprint density at radius 2 is 1.94 bits per heavy atom. The number of thiophene rings is 1. The number of aryl methyl sites for hydroxylation is 1. The molecular formula is C25H21ClN4O2S. The van der Waals surface area contributed by atoms with Crippen molar-refractivity contribution < 1.29 is 9.32 Å². The first kappa shape index (κ1) is 21.4. The third-order valence-electron chi connectivity index (χ3n) is 5.64. The van der Waals surface area contributed by atoms with Crippen LogP contribution in [0, 0.1) is 6.92 Å². The van der Waals surface area contributed by atoms with E-state index in [0.29, 0.717) is 23.3 Å². The van der Waals surface area contributed by atoms with Gasteiger partial charge in [0.15, 0.2) is 0 Å². The number of allylic oxidation sites excluding steroid dienone is 1. The number of benzene rings is 2. The van der Waals surface area contributed by atoms with E-state index in [9.17, 15) is 4.79 Å². The molecule has 2 amide bonds. The number of amides is 2. The number of carbonyl (C=O) groups is 1. The topological polar surface area (TPSA) is 71.3 Å². The molecule has 3 heterocycles. The highest BCUT2D eigenvalue weighted by Crippen LogP contribution is 2.38. The molecule has 1 aliphatic heterocycles. The van der Waals surface area contributed by atoms with E-state index < -0.39 is 6.04 Å². The third-order valence-corrected chi connectivity index (χ3v) is 6.74. The van der Waals surface area contributed by atoms with Gasteiger partial charge in [0.25, 0.3) is 5.89 Å². The van der Waals surface area contributed by atoms with E-state index in [-0.39, 0.29) is 6.03 Å². The highest BCUT2D eigenvalue weighted by atomic mass is 35.5. The second-order valence-corrected chi connectivity index (χ2v) is 9.29. The third kappa shape index (κ3) is 4.29. The normalized spacial score (nSPS) is 16.3. The molecule has 6 nitrogen and oxygen atoms in total. The quantitative estimate of drug-likeness (QED) is 0.359. The summed E-state index contributed by atoms with van der Waals surface area (Å²) in [5, 5.41) is 9.85. The average molecular weight is 477 g/mol. The van der Waals surface area contributed by atoms with Gasteiger partial charge in [0.1, 0.15) is 0 Å². The highest BCUT2D eigenvalue weighted by Gasteiger charge is 2.36. The SMILES string of the molecule is CC1=C(c2nc(-c3cccs3)no2)C(c2cccc(Cl)c2)NC(=O)N1Cc1ccc(C)cc1. The van der Waals surface area contributed by atoms with Crippen LogP contribution in [0.4, 0.5) is 4.79 Å². The second kappa shape index (κ2) is 8.84. The van der Waals surface area contributed by atoms with Gasteiger partial charge in [-0.2, -0.15) is 4.98 Å². The Morgan fingerprint density at radius 1 is 1.12 bits per heavy atom. The van der Waals surface area contributed by atoms with Gasteiger partial charge in [0, 0.05) is 10.7 Å². The van der Waals surface area contributed by atoms with Crippen LogP contribution in [0.15, 0.2) is 76.3 Å². The highest BCUT2D eigenvalue weighted by molar-refractivity contribution is 7.13. The van der Waals surface area contributed by atoms with E-state index >= 15 is 0 Å². The maximum atomic E-state index is 13.2. The summed E-state index contributed by atoms with van der Waals surface area (Å²) in [5.74, 6) is 0.891. The lowest BCUT2D eigenvalue weighted by Gasteiger charge is -2.35. The van der Waals surface area contributed by atoms with Gasteiger partial charge in [-0.05, 0) is 48.6 Å². The van der Waals surface area contributed by atoms with Crippen LogP contribution < -0.4 is 5.32 Å². The molecule has 5 rings (SSSR count). The molecule has 0 saturated heterocycles. The molecule has 0 aliphatic carbocycles. The molecule has 2 aromatic heterocycles. The Labute approximate surface area is 200 Å². The van der Waals surface area contributed by atoms with E-state index in [4.69, 9.17) is 16.1 Å². The fraction of sp³-hybridized carbons (Fsp3) is 0.160. The summed E-state index contributed by atoms with van der Waals surface area (Å²) in [6.07, 6.45) is 0. The first-order valence-electron chi connectivity index (χ1n) is 10.5. The Kier molecular flexibility index (Phi) is 5.74. The summed E-state index contributed by atoms with van der Waals surface area (Å²) in [7, 11) is 0. The van der Waals surface area contributed by atoms with E-state index in [1.165, 1.54) is 5.56 Å². The van der Waals surface area contributed by atoms with Crippen LogP contribution in [-0.4, -0.2) is 21.1 Å². The molecule has 1 unspecified atom stereocenters. The van der Waals surface area contributed by atoms with E-state index in [0.717, 1.165) is 27.3 Å². The van der Waals surface area contributed by atoms with Crippen LogP contribution in [0.3, 0.4) is 0 Å². The molecule has 166 valence electrons. The molecule has 0 radical (unpaired) electrons. The Morgan fingerprint density at radius 3 is 2.67 bits per heavy atom. The van der Waals surface area contributed by atoms with Gasteiger partial charge < -0.3 is 9.84 Å². The number of nitrogens with one attached hydrogen (secondary N) is 1. The molecule has 1 N–H and O–H groups in total. The van der Waals surface area contributed by atoms with Gasteiger partial charge in [-0.15, -0.1) is 11.3 Å². The van der Waals surface area contributed by atoms with Crippen molar-refractivity contribution in [3.8, 4) is 10.7 Å². The number of hydrogen-bond acceptors (Lipinski definition) is 5. The first-order chi connectivity index (χ1) is 16.0. The van der Waals surface area contributed by atoms with Gasteiger partial charge in [-0.3, -0.25) is 4.90 Å². The Bertz CT molecular complexity index is 1330. The predicted octanol–water partition coefficient (Wildman–Crippen LogP) is 6.46. The molecule has 1 aliphatic rings. The Balaban J connectivity index is 1.60. The van der Waals surface area contributed by atoms with Crippen molar-refractivity contribution in [2.75, 3.05) is 0 Å². The van der Waals surface area contributed by atoms with Crippen molar-refractivity contribution in [3.05, 3.63) is 99.3 Å². The number of carbonyl (C=O) groups excluding carboxylic acids is 1. The van der Waals surface area contributed by atoms with Crippen LogP contribution in [0.5, 0.6) is 0 Å². The zero-order chi connectivity index (χ0) is 22.9. The summed E-state index contributed by atoms with van der Waals surface area (Å²) in [6, 6.07) is 18.8. The maximum Gasteiger partial charge on any atom is 0.322 e. The minimum absolute atomic E-state index is 0.195. The van der Waals surface area contributed by atoms with Gasteiger partial charge >= 0.3 is 6.03 Å². The molecule has 0 fully saturated rings. The first-order valence-corrected chi connectivity index (χ1v) is 11.7. The maximum absolute atomic E-state index is 13.2. The molecule has 8 heteroatoms. The number of aromatic nitrogens is 2. The van der Waals surface area contributed by atoms with Crippen molar-refractivity contribution in [1.82, 2.24) is 20.4 Å². The van der Waals surface area contributed by atoms with Crippen LogP contribution in [0.1, 0.15) is 35.5 Å². The van der Waals surface area contributed by atoms with Crippen LogP contribution in [-0.2, 0) is 6.54 Å². The molecule has 1 atom stereocenters. The molecular weight excluding hydrogens is 456 g/mol. The van der Waals surface area contributed by atoms with Crippen LogP contribution in [0.2, 0.25) is 5.02 Å². The lowest BCUT2D eigenvalue weighted by molar-refractivity contribution is 0.203. The predicted molar refractivity (Wildman–Crippen MR) is 130 cm³/mol. The number of nitrogens with zero attached hydrogens (tertiary/aromatic N) is 3. The fourth-order valence-corrected chi connectivity index (χ4v) is 4.75. The van der Waals surface area contributed by atoms with Gasteiger partial charge in [0.05, 0.1) is 23.0 Å². The fourth-order valence-electron chi connectivity index (χ4n) is 3.90. The summed E-state index contributed by atoms with van der Waals surface area (Å²) in [6.45, 7) is 4.38. The molecule has 2 aromatic carbocycles. The smallest absolute Gasteiger partial charge is 0.322 e. The lowest BCUT2D eigenvalue weighted by Crippen LogP contribution is -2.45. The lowest BCUT2D eigenvalue weighted by atomic mass is 9.94. The van der Waals surface area contributed by atoms with Gasteiger partial charge in [-0.25, -0.2) is 4.79 Å². The number of rotatable bonds is 5. The Hall–Kier alpha value is -3.42. The minimum Gasteiger partial charge on any atom is -0.334 e. The van der Waals surface area contributed by atoms with Crippen molar-refractivity contribution in [2.45, 2.75) is 26.4 Å². The van der Waals surface area contributed by atoms with Gasteiger partial charge in [-0.1, -0.05) is 64.8 Å². The van der Waals surface area contributed by atoms with Gasteiger partial charge in [0.2, 0.25) is 5.82 Å². The molecule has 33 heavy (non-hydrogen) atoms. The summed E-state index contributed by atoms with van der Waals surface area (Å²) in [4.78, 5) is 20.5. The second-order valence-electron chi connectivity index (χ2n) is 7.91. The zero-order valence-corrected chi connectivity index (χ0v) is 19.7. The molecule has 0 spiro atoms. The molecule has 0 bridgehead atoms.